The standard InChI is InChI=1S/C24H23F3N6OS/c25-24(26,27)17-7-3-2-6-16(17)21-22(28-13-20(34)32-10-4-1-5-11-32)31-23(35)33(21)15-8-9-18-19(12-15)30-14-29-18/h2-3,6-9,12,14,28H,1,4-5,10-11,13H2,(H,29,30)(H,31,35). The van der Waals surface area contributed by atoms with E-state index in [9.17, 15) is 18.0 Å². The first kappa shape index (κ1) is 23.2. The second kappa shape index (κ2) is 9.21. The average molecular weight is 501 g/mol. The third kappa shape index (κ3) is 4.55. The van der Waals surface area contributed by atoms with Crippen molar-refractivity contribution in [1.29, 1.82) is 0 Å². The lowest BCUT2D eigenvalue weighted by molar-refractivity contribution is -0.137. The van der Waals surface area contributed by atoms with Gasteiger partial charge in [0.25, 0.3) is 0 Å². The normalized spacial score (nSPS) is 14.4. The Hall–Kier alpha value is -3.60. The highest BCUT2D eigenvalue weighted by Gasteiger charge is 2.35. The van der Waals surface area contributed by atoms with Crippen molar-refractivity contribution in [3.8, 4) is 16.9 Å². The zero-order valence-corrected chi connectivity index (χ0v) is 19.5. The molecule has 182 valence electrons. The number of aromatic amines is 2. The van der Waals surface area contributed by atoms with E-state index < -0.39 is 11.7 Å². The second-order valence-corrected chi connectivity index (χ2v) is 8.82. The average Bonchev–Trinajstić information content (AvgIpc) is 3.45. The van der Waals surface area contributed by atoms with E-state index in [4.69, 9.17) is 12.2 Å². The minimum absolute atomic E-state index is 0.0509. The maximum Gasteiger partial charge on any atom is 0.417 e. The van der Waals surface area contributed by atoms with Gasteiger partial charge in [0.15, 0.2) is 4.77 Å². The number of alkyl halides is 3. The Kier molecular flexibility index (Phi) is 6.10. The number of nitrogens with zero attached hydrogens (tertiary/aromatic N) is 3. The number of carbonyl (C=O) groups excluding carboxylic acids is 1. The minimum atomic E-state index is -4.58. The van der Waals surface area contributed by atoms with Crippen molar-refractivity contribution >= 4 is 35.0 Å². The molecule has 0 spiro atoms. The first-order valence-corrected chi connectivity index (χ1v) is 11.7. The van der Waals surface area contributed by atoms with Gasteiger partial charge in [-0.2, -0.15) is 13.2 Å². The number of piperidine rings is 1. The molecule has 3 heterocycles. The lowest BCUT2D eigenvalue weighted by Gasteiger charge is -2.27. The highest BCUT2D eigenvalue weighted by Crippen LogP contribution is 2.40. The van der Waals surface area contributed by atoms with Crippen LogP contribution in [0.25, 0.3) is 28.0 Å². The van der Waals surface area contributed by atoms with Gasteiger partial charge in [-0.1, -0.05) is 18.2 Å². The zero-order valence-electron chi connectivity index (χ0n) is 18.7. The van der Waals surface area contributed by atoms with Crippen LogP contribution in [0.1, 0.15) is 24.8 Å². The van der Waals surface area contributed by atoms with E-state index in [1.54, 1.807) is 40.1 Å². The number of anilines is 1. The summed E-state index contributed by atoms with van der Waals surface area (Å²) in [5, 5.41) is 3.03. The molecule has 0 radical (unpaired) electrons. The number of imidazole rings is 2. The summed E-state index contributed by atoms with van der Waals surface area (Å²) in [7, 11) is 0. The number of nitrogens with one attached hydrogen (secondary N) is 3. The largest absolute Gasteiger partial charge is 0.417 e. The molecule has 0 atom stereocenters. The van der Waals surface area contributed by atoms with Gasteiger partial charge < -0.3 is 20.2 Å². The number of aromatic nitrogens is 4. The van der Waals surface area contributed by atoms with Crippen LogP contribution in [-0.2, 0) is 11.0 Å². The number of likely N-dealkylation sites (tertiary alicyclic amines) is 1. The number of amides is 1. The van der Waals surface area contributed by atoms with Gasteiger partial charge in [-0.15, -0.1) is 0 Å². The number of halogens is 3. The molecule has 1 aliphatic rings. The van der Waals surface area contributed by atoms with E-state index in [0.29, 0.717) is 18.8 Å². The number of hydrogen-bond donors (Lipinski definition) is 3. The molecule has 0 unspecified atom stereocenters. The SMILES string of the molecule is O=C(CNc1[nH]c(=S)n(-c2ccc3nc[nH]c3c2)c1-c1ccccc1C(F)(F)F)N1CCCCC1. The molecule has 0 saturated carbocycles. The fraction of sp³-hybridized carbons (Fsp3) is 0.292. The molecule has 1 fully saturated rings. The number of fused-ring (bicyclic) bond motifs is 1. The highest BCUT2D eigenvalue weighted by atomic mass is 32.1. The van der Waals surface area contributed by atoms with Crippen molar-refractivity contribution in [2.24, 2.45) is 0 Å². The van der Waals surface area contributed by atoms with Gasteiger partial charge in [-0.25, -0.2) is 4.98 Å². The van der Waals surface area contributed by atoms with Crippen LogP contribution >= 0.6 is 12.2 Å². The smallest absolute Gasteiger partial charge is 0.361 e. The molecular weight excluding hydrogens is 477 g/mol. The van der Waals surface area contributed by atoms with Crippen LogP contribution in [0, 0.1) is 4.77 Å². The van der Waals surface area contributed by atoms with Gasteiger partial charge in [0.2, 0.25) is 5.91 Å². The lowest BCUT2D eigenvalue weighted by Crippen LogP contribution is -2.39. The fourth-order valence-electron chi connectivity index (χ4n) is 4.48. The number of benzene rings is 2. The van der Waals surface area contributed by atoms with Crippen LogP contribution < -0.4 is 5.32 Å². The van der Waals surface area contributed by atoms with Gasteiger partial charge in [-0.3, -0.25) is 9.36 Å². The van der Waals surface area contributed by atoms with Crippen molar-refractivity contribution in [3.05, 3.63) is 59.1 Å². The summed E-state index contributed by atoms with van der Waals surface area (Å²) >= 11 is 5.55. The van der Waals surface area contributed by atoms with Crippen LogP contribution in [0.4, 0.5) is 19.0 Å². The second-order valence-electron chi connectivity index (χ2n) is 8.43. The Balaban J connectivity index is 1.62. The predicted octanol–water partition coefficient (Wildman–Crippen LogP) is 5.52. The number of H-pyrrole nitrogens is 2. The molecule has 0 aliphatic carbocycles. The van der Waals surface area contributed by atoms with E-state index in [1.165, 1.54) is 12.1 Å². The number of hydrogen-bond acceptors (Lipinski definition) is 4. The van der Waals surface area contributed by atoms with Gasteiger partial charge in [0, 0.05) is 18.7 Å². The monoisotopic (exact) mass is 500 g/mol. The van der Waals surface area contributed by atoms with Gasteiger partial charge >= 0.3 is 6.18 Å². The Bertz CT molecular complexity index is 1430. The van der Waals surface area contributed by atoms with Gasteiger partial charge in [-0.05, 0) is 55.7 Å². The maximum absolute atomic E-state index is 14.0. The molecule has 1 aliphatic heterocycles. The van der Waals surface area contributed by atoms with Crippen LogP contribution in [0.5, 0.6) is 0 Å². The summed E-state index contributed by atoms with van der Waals surface area (Å²) in [5.74, 6) is 0.146. The van der Waals surface area contributed by atoms with Crippen LogP contribution in [0.15, 0.2) is 48.8 Å². The molecule has 1 saturated heterocycles. The molecular formula is C24H23F3N6OS. The summed E-state index contributed by atoms with van der Waals surface area (Å²) < 4.78 is 43.7. The zero-order chi connectivity index (χ0) is 24.6. The third-order valence-electron chi connectivity index (χ3n) is 6.17. The molecule has 2 aromatic carbocycles. The van der Waals surface area contributed by atoms with Crippen molar-refractivity contribution in [1.82, 2.24) is 24.4 Å². The Morgan fingerprint density at radius 1 is 1.11 bits per heavy atom. The predicted molar refractivity (Wildman–Crippen MR) is 130 cm³/mol. The van der Waals surface area contributed by atoms with Crippen molar-refractivity contribution < 1.29 is 18.0 Å². The summed E-state index contributed by atoms with van der Waals surface area (Å²) in [6, 6.07) is 10.6. The van der Waals surface area contributed by atoms with Crippen molar-refractivity contribution in [2.45, 2.75) is 25.4 Å². The summed E-state index contributed by atoms with van der Waals surface area (Å²) in [6.07, 6.45) is -0.0483. The molecule has 2 aromatic heterocycles. The first-order valence-electron chi connectivity index (χ1n) is 11.3. The molecule has 3 N–H and O–H groups in total. The van der Waals surface area contributed by atoms with Crippen LogP contribution in [-0.4, -0.2) is 50.0 Å². The topological polar surface area (TPSA) is 81.7 Å². The van der Waals surface area contributed by atoms with E-state index in [1.807, 2.05) is 0 Å². The third-order valence-corrected chi connectivity index (χ3v) is 6.45. The number of rotatable bonds is 5. The minimum Gasteiger partial charge on any atom is -0.361 e. The van der Waals surface area contributed by atoms with Crippen LogP contribution in [0.3, 0.4) is 0 Å². The summed E-state index contributed by atoms with van der Waals surface area (Å²) in [5.41, 5.74) is 1.35. The van der Waals surface area contributed by atoms with E-state index in [-0.39, 0.29) is 34.3 Å². The molecule has 35 heavy (non-hydrogen) atoms. The lowest BCUT2D eigenvalue weighted by atomic mass is 10.0. The van der Waals surface area contributed by atoms with Crippen molar-refractivity contribution in [2.75, 3.05) is 25.0 Å². The molecule has 5 rings (SSSR count). The Morgan fingerprint density at radius 3 is 2.66 bits per heavy atom. The molecule has 0 bridgehead atoms. The number of carbonyl (C=O) groups is 1. The maximum atomic E-state index is 14.0. The first-order chi connectivity index (χ1) is 16.8. The van der Waals surface area contributed by atoms with Gasteiger partial charge in [0.05, 0.1) is 40.9 Å². The molecule has 4 aromatic rings. The Morgan fingerprint density at radius 2 is 1.89 bits per heavy atom. The summed E-state index contributed by atoms with van der Waals surface area (Å²) in [4.78, 5) is 24.7. The Labute approximate surface area is 204 Å². The van der Waals surface area contributed by atoms with E-state index >= 15 is 0 Å². The molecule has 11 heteroatoms. The summed E-state index contributed by atoms with van der Waals surface area (Å²) in [6.45, 7) is 1.31. The quantitative estimate of drug-likeness (QED) is 0.315. The molecule has 7 nitrogen and oxygen atoms in total. The van der Waals surface area contributed by atoms with Gasteiger partial charge in [0.1, 0.15) is 5.82 Å². The highest BCUT2D eigenvalue weighted by molar-refractivity contribution is 7.71. The van der Waals surface area contributed by atoms with E-state index in [0.717, 1.165) is 36.4 Å². The fourth-order valence-corrected chi connectivity index (χ4v) is 4.78. The van der Waals surface area contributed by atoms with Crippen molar-refractivity contribution in [3.63, 3.8) is 0 Å². The molecule has 1 amide bonds. The van der Waals surface area contributed by atoms with E-state index in [2.05, 4.69) is 20.3 Å². The van der Waals surface area contributed by atoms with Crippen LogP contribution in [0.2, 0.25) is 0 Å².